The van der Waals surface area contributed by atoms with E-state index in [1.54, 1.807) is 11.9 Å². The number of rotatable bonds is 3. The number of hydrogen-bond donors (Lipinski definition) is 1. The first-order chi connectivity index (χ1) is 11.0. The number of hydrogen-bond acceptors (Lipinski definition) is 5. The van der Waals surface area contributed by atoms with Gasteiger partial charge in [0.25, 0.3) is 0 Å². The third-order valence-electron chi connectivity index (χ3n) is 4.39. The molecule has 2 amide bonds. The molecule has 2 aliphatic heterocycles. The van der Waals surface area contributed by atoms with Gasteiger partial charge in [0.2, 0.25) is 11.8 Å². The molecule has 3 atom stereocenters. The Morgan fingerprint density at radius 1 is 1.43 bits per heavy atom. The molecule has 1 aromatic heterocycles. The highest BCUT2D eigenvalue weighted by atomic mass is 32.1. The van der Waals surface area contributed by atoms with Crippen LogP contribution >= 0.6 is 11.3 Å². The predicted molar refractivity (Wildman–Crippen MR) is 81.9 cm³/mol. The highest BCUT2D eigenvalue weighted by molar-refractivity contribution is 7.10. The summed E-state index contributed by atoms with van der Waals surface area (Å²) in [6.45, 7) is 0.580. The Hall–Kier alpha value is -1.93. The number of carbonyl (C=O) groups excluding carboxylic acids is 2. The number of aliphatic carboxylic acids is 1. The van der Waals surface area contributed by atoms with Crippen LogP contribution in [0.25, 0.3) is 0 Å². The lowest BCUT2D eigenvalue weighted by atomic mass is 9.96. The first-order valence-electron chi connectivity index (χ1n) is 7.41. The maximum Gasteiger partial charge on any atom is 0.334 e. The first kappa shape index (κ1) is 15.9. The van der Waals surface area contributed by atoms with Gasteiger partial charge in [-0.05, 0) is 11.4 Å². The van der Waals surface area contributed by atoms with Gasteiger partial charge < -0.3 is 19.6 Å². The zero-order valence-electron chi connectivity index (χ0n) is 12.7. The molecule has 23 heavy (non-hydrogen) atoms. The average molecular weight is 338 g/mol. The van der Waals surface area contributed by atoms with E-state index in [1.807, 2.05) is 17.5 Å². The Morgan fingerprint density at radius 3 is 2.87 bits per heavy atom. The summed E-state index contributed by atoms with van der Waals surface area (Å²) >= 11 is 1.52. The maximum absolute atomic E-state index is 12.9. The van der Waals surface area contributed by atoms with Crippen molar-refractivity contribution in [1.82, 2.24) is 9.80 Å². The molecule has 2 aliphatic rings. The molecule has 0 spiro atoms. The standard InChI is InChI=1S/C15H18N2O5S/c1-16-12(18)7-9(13(16)11-3-2-6-23-11)14(19)17-4-5-22-10(8-17)15(20)21/h2-3,6,9-10,13H,4-5,7-8H2,1H3,(H,20,21). The van der Waals surface area contributed by atoms with Crippen molar-refractivity contribution in [2.45, 2.75) is 18.6 Å². The van der Waals surface area contributed by atoms with E-state index < -0.39 is 18.0 Å². The van der Waals surface area contributed by atoms with Crippen molar-refractivity contribution in [1.29, 1.82) is 0 Å². The quantitative estimate of drug-likeness (QED) is 0.871. The summed E-state index contributed by atoms with van der Waals surface area (Å²) in [4.78, 5) is 40.1. The van der Waals surface area contributed by atoms with Crippen LogP contribution in [0.3, 0.4) is 0 Å². The minimum Gasteiger partial charge on any atom is -0.479 e. The van der Waals surface area contributed by atoms with Crippen LogP contribution in [-0.4, -0.2) is 65.5 Å². The van der Waals surface area contributed by atoms with E-state index in [4.69, 9.17) is 9.84 Å². The summed E-state index contributed by atoms with van der Waals surface area (Å²) in [6.07, 6.45) is -0.838. The van der Waals surface area contributed by atoms with E-state index in [1.165, 1.54) is 16.2 Å². The second-order valence-electron chi connectivity index (χ2n) is 5.76. The normalized spacial score (nSPS) is 28.2. The second kappa shape index (κ2) is 6.29. The first-order valence-corrected chi connectivity index (χ1v) is 8.29. The van der Waals surface area contributed by atoms with Gasteiger partial charge in [0.1, 0.15) is 0 Å². The van der Waals surface area contributed by atoms with Crippen molar-refractivity contribution >= 4 is 29.1 Å². The Kier molecular flexibility index (Phi) is 4.36. The van der Waals surface area contributed by atoms with Crippen molar-refractivity contribution < 1.29 is 24.2 Å². The Balaban J connectivity index is 1.80. The minimum absolute atomic E-state index is 0.0275. The number of carboxylic acids is 1. The Bertz CT molecular complexity index is 617. The summed E-state index contributed by atoms with van der Waals surface area (Å²) in [5, 5.41) is 11.0. The van der Waals surface area contributed by atoms with Crippen LogP contribution in [0.4, 0.5) is 0 Å². The molecule has 2 fully saturated rings. The van der Waals surface area contributed by atoms with Gasteiger partial charge >= 0.3 is 5.97 Å². The van der Waals surface area contributed by atoms with Crippen LogP contribution < -0.4 is 0 Å². The van der Waals surface area contributed by atoms with E-state index in [2.05, 4.69) is 0 Å². The highest BCUT2D eigenvalue weighted by Crippen LogP contribution is 2.40. The lowest BCUT2D eigenvalue weighted by molar-refractivity contribution is -0.160. The summed E-state index contributed by atoms with van der Waals surface area (Å²) in [6, 6.07) is 3.54. The summed E-state index contributed by atoms with van der Waals surface area (Å²) in [7, 11) is 1.71. The molecular weight excluding hydrogens is 320 g/mol. The molecule has 0 radical (unpaired) electrons. The molecule has 0 aliphatic carbocycles. The summed E-state index contributed by atoms with van der Waals surface area (Å²) in [5.74, 6) is -1.78. The van der Waals surface area contributed by atoms with Gasteiger partial charge in [0.15, 0.2) is 6.10 Å². The number of morpholine rings is 1. The zero-order valence-corrected chi connectivity index (χ0v) is 13.5. The molecular formula is C15H18N2O5S. The lowest BCUT2D eigenvalue weighted by Crippen LogP contribution is -2.50. The summed E-state index contributed by atoms with van der Waals surface area (Å²) < 4.78 is 5.16. The van der Waals surface area contributed by atoms with Gasteiger partial charge in [-0.1, -0.05) is 6.07 Å². The molecule has 0 saturated carbocycles. The van der Waals surface area contributed by atoms with Crippen LogP contribution in [0.1, 0.15) is 17.3 Å². The molecule has 0 bridgehead atoms. The maximum atomic E-state index is 12.9. The molecule has 1 aromatic rings. The molecule has 0 aromatic carbocycles. The highest BCUT2D eigenvalue weighted by Gasteiger charge is 2.45. The van der Waals surface area contributed by atoms with Crippen molar-refractivity contribution in [2.24, 2.45) is 5.92 Å². The van der Waals surface area contributed by atoms with Crippen LogP contribution in [0.2, 0.25) is 0 Å². The van der Waals surface area contributed by atoms with Crippen LogP contribution in [0, 0.1) is 5.92 Å². The molecule has 124 valence electrons. The smallest absolute Gasteiger partial charge is 0.334 e. The van der Waals surface area contributed by atoms with Crippen molar-refractivity contribution in [3.05, 3.63) is 22.4 Å². The number of carbonyl (C=O) groups is 3. The average Bonchev–Trinajstić information content (AvgIpc) is 3.16. The molecule has 8 heteroatoms. The van der Waals surface area contributed by atoms with E-state index in [9.17, 15) is 14.4 Å². The van der Waals surface area contributed by atoms with E-state index in [0.717, 1.165) is 4.88 Å². The largest absolute Gasteiger partial charge is 0.479 e. The minimum atomic E-state index is -1.07. The molecule has 2 saturated heterocycles. The van der Waals surface area contributed by atoms with Crippen molar-refractivity contribution in [3.8, 4) is 0 Å². The van der Waals surface area contributed by atoms with E-state index in [0.29, 0.717) is 6.54 Å². The van der Waals surface area contributed by atoms with Crippen LogP contribution in [-0.2, 0) is 19.1 Å². The number of amides is 2. The van der Waals surface area contributed by atoms with E-state index >= 15 is 0 Å². The SMILES string of the molecule is CN1C(=O)CC(C(=O)N2CCOC(C(=O)O)C2)C1c1cccs1. The molecule has 1 N–H and O–H groups in total. The Morgan fingerprint density at radius 2 is 2.22 bits per heavy atom. The van der Waals surface area contributed by atoms with Crippen LogP contribution in [0.15, 0.2) is 17.5 Å². The second-order valence-corrected chi connectivity index (χ2v) is 6.74. The van der Waals surface area contributed by atoms with Gasteiger partial charge in [-0.25, -0.2) is 4.79 Å². The third kappa shape index (κ3) is 2.96. The van der Waals surface area contributed by atoms with Crippen molar-refractivity contribution in [3.63, 3.8) is 0 Å². The Labute approximate surface area is 137 Å². The molecule has 7 nitrogen and oxygen atoms in total. The monoisotopic (exact) mass is 338 g/mol. The molecule has 3 heterocycles. The van der Waals surface area contributed by atoms with E-state index in [-0.39, 0.29) is 37.4 Å². The van der Waals surface area contributed by atoms with Crippen molar-refractivity contribution in [2.75, 3.05) is 26.7 Å². The number of ether oxygens (including phenoxy) is 1. The fourth-order valence-corrected chi connectivity index (χ4v) is 4.11. The lowest BCUT2D eigenvalue weighted by Gasteiger charge is -2.34. The molecule has 3 rings (SSSR count). The number of nitrogens with zero attached hydrogens (tertiary/aromatic N) is 2. The number of likely N-dealkylation sites (tertiary alicyclic amines) is 1. The van der Waals surface area contributed by atoms with Crippen LogP contribution in [0.5, 0.6) is 0 Å². The fraction of sp³-hybridized carbons (Fsp3) is 0.533. The van der Waals surface area contributed by atoms with Gasteiger partial charge in [-0.15, -0.1) is 11.3 Å². The summed E-state index contributed by atoms with van der Waals surface area (Å²) in [5.41, 5.74) is 0. The van der Waals surface area contributed by atoms with Gasteiger partial charge in [0, 0.05) is 24.9 Å². The third-order valence-corrected chi connectivity index (χ3v) is 5.33. The topological polar surface area (TPSA) is 87.2 Å². The number of thiophene rings is 1. The predicted octanol–water partition coefficient (Wildman–Crippen LogP) is 0.580. The van der Waals surface area contributed by atoms with Gasteiger partial charge in [-0.3, -0.25) is 9.59 Å². The fourth-order valence-electron chi connectivity index (χ4n) is 3.17. The zero-order chi connectivity index (χ0) is 16.6. The number of carboxylic acid groups (broad SMARTS) is 1. The molecule has 3 unspecified atom stereocenters. The van der Waals surface area contributed by atoms with Gasteiger partial charge in [0.05, 0.1) is 25.1 Å². The van der Waals surface area contributed by atoms with Gasteiger partial charge in [-0.2, -0.15) is 0 Å².